The average Bonchev–Trinajstić information content (AvgIpc) is 3.46. The van der Waals surface area contributed by atoms with E-state index in [9.17, 15) is 14.4 Å². The minimum atomic E-state index is -0.776. The Morgan fingerprint density at radius 1 is 0.263 bits per heavy atom. The molecule has 0 aliphatic carbocycles. The lowest BCUT2D eigenvalue weighted by Gasteiger charge is -2.18. The van der Waals surface area contributed by atoms with E-state index in [1.54, 1.807) is 0 Å². The van der Waals surface area contributed by atoms with Crippen molar-refractivity contribution in [1.29, 1.82) is 0 Å². The lowest BCUT2D eigenvalue weighted by Crippen LogP contribution is -2.30. The predicted molar refractivity (Wildman–Crippen MR) is 348 cm³/mol. The minimum Gasteiger partial charge on any atom is -0.462 e. The fraction of sp³-hybridized carbons (Fsp3) is 0.797. The van der Waals surface area contributed by atoms with Gasteiger partial charge in [0.15, 0.2) is 6.10 Å². The van der Waals surface area contributed by atoms with Gasteiger partial charge in [0.25, 0.3) is 0 Å². The summed E-state index contributed by atoms with van der Waals surface area (Å²) in [5.74, 6) is -0.858. The third-order valence-electron chi connectivity index (χ3n) is 15.4. The summed E-state index contributed by atoms with van der Waals surface area (Å²) in [5.41, 5.74) is 0. The molecular formula is C74H132O6. The second-order valence-corrected chi connectivity index (χ2v) is 23.4. The SMILES string of the molecule is CC/C=C\C/C=C\C/C=C\C/C=C\CCCCCCCCCCCCC(=O)OC(COC(=O)CCCCCCCCCCCC)COC(=O)CCCCCCCCCCCCCCCCCCC/C=C\C/C=C\CCCCCCC. The zero-order chi connectivity index (χ0) is 57.8. The van der Waals surface area contributed by atoms with E-state index < -0.39 is 6.10 Å². The molecule has 1 unspecified atom stereocenters. The Kier molecular flexibility index (Phi) is 65.7. The van der Waals surface area contributed by atoms with Crippen molar-refractivity contribution in [2.24, 2.45) is 0 Å². The van der Waals surface area contributed by atoms with Crippen molar-refractivity contribution in [2.75, 3.05) is 13.2 Å². The molecule has 0 aromatic rings. The van der Waals surface area contributed by atoms with E-state index in [2.05, 4.69) is 93.7 Å². The Hall–Kier alpha value is -3.15. The van der Waals surface area contributed by atoms with Crippen molar-refractivity contribution in [3.8, 4) is 0 Å². The number of esters is 3. The molecule has 0 aromatic heterocycles. The largest absolute Gasteiger partial charge is 0.462 e. The molecule has 0 saturated carbocycles. The predicted octanol–water partition coefficient (Wildman–Crippen LogP) is 24.1. The number of allylic oxidation sites excluding steroid dienone is 12. The van der Waals surface area contributed by atoms with Crippen molar-refractivity contribution in [1.82, 2.24) is 0 Å². The highest BCUT2D eigenvalue weighted by atomic mass is 16.6. The van der Waals surface area contributed by atoms with Crippen LogP contribution in [0.15, 0.2) is 72.9 Å². The van der Waals surface area contributed by atoms with Crippen molar-refractivity contribution in [3.63, 3.8) is 0 Å². The Bertz CT molecular complexity index is 1470. The number of ether oxygens (including phenoxy) is 3. The first-order valence-corrected chi connectivity index (χ1v) is 34.9. The third-order valence-corrected chi connectivity index (χ3v) is 15.4. The first-order valence-electron chi connectivity index (χ1n) is 34.9. The van der Waals surface area contributed by atoms with Gasteiger partial charge in [0, 0.05) is 19.3 Å². The van der Waals surface area contributed by atoms with Gasteiger partial charge >= 0.3 is 17.9 Å². The molecule has 6 heteroatoms. The average molecular weight is 1120 g/mol. The Balaban J connectivity index is 4.16. The molecule has 6 nitrogen and oxygen atoms in total. The normalized spacial score (nSPS) is 12.5. The van der Waals surface area contributed by atoms with Crippen LogP contribution in [0.5, 0.6) is 0 Å². The molecule has 0 bridgehead atoms. The molecule has 464 valence electrons. The van der Waals surface area contributed by atoms with Gasteiger partial charge in [0.1, 0.15) is 13.2 Å². The lowest BCUT2D eigenvalue weighted by atomic mass is 10.0. The van der Waals surface area contributed by atoms with Gasteiger partial charge in [-0.25, -0.2) is 0 Å². The number of carbonyl (C=O) groups is 3. The number of carbonyl (C=O) groups excluding carboxylic acids is 3. The number of hydrogen-bond acceptors (Lipinski definition) is 6. The molecule has 0 aliphatic rings. The molecule has 0 radical (unpaired) electrons. The van der Waals surface area contributed by atoms with Crippen molar-refractivity contribution in [3.05, 3.63) is 72.9 Å². The smallest absolute Gasteiger partial charge is 0.306 e. The molecule has 0 fully saturated rings. The van der Waals surface area contributed by atoms with Crippen LogP contribution < -0.4 is 0 Å². The molecule has 0 saturated heterocycles. The van der Waals surface area contributed by atoms with Crippen LogP contribution in [0.3, 0.4) is 0 Å². The number of unbranched alkanes of at least 4 members (excludes halogenated alkanes) is 41. The lowest BCUT2D eigenvalue weighted by molar-refractivity contribution is -0.167. The second-order valence-electron chi connectivity index (χ2n) is 23.4. The van der Waals surface area contributed by atoms with Gasteiger partial charge < -0.3 is 14.2 Å². The molecular weight excluding hydrogens is 985 g/mol. The standard InChI is InChI=1S/C74H132O6/c1-4-7-10-13-16-19-22-24-26-28-30-32-34-35-36-37-38-39-41-42-44-46-48-50-52-55-58-61-64-67-73(76)79-70-71(69-78-72(75)66-63-60-57-54-21-18-15-12-9-6-3)80-74(77)68-65-62-59-56-53-51-49-47-45-43-40-33-31-29-27-25-23-20-17-14-11-8-5-2/h8,11,17,20,22,24-25,27-28,30-31,33,71H,4-7,9-10,12-16,18-19,21,23,26,29,32,34-70H2,1-3H3/b11-8-,20-17-,24-22-,27-25-,30-28-,33-31-. The molecule has 0 N–H and O–H groups in total. The molecule has 0 aliphatic heterocycles. The van der Waals surface area contributed by atoms with Gasteiger partial charge in [-0.3, -0.25) is 14.4 Å². The first kappa shape index (κ1) is 76.9. The van der Waals surface area contributed by atoms with Crippen LogP contribution in [0.2, 0.25) is 0 Å². The highest BCUT2D eigenvalue weighted by Gasteiger charge is 2.19. The van der Waals surface area contributed by atoms with E-state index in [1.807, 2.05) is 0 Å². The number of rotatable bonds is 64. The van der Waals surface area contributed by atoms with Gasteiger partial charge in [0.2, 0.25) is 0 Å². The summed E-state index contributed by atoms with van der Waals surface area (Å²) in [5, 5.41) is 0. The highest BCUT2D eigenvalue weighted by Crippen LogP contribution is 2.18. The van der Waals surface area contributed by atoms with E-state index in [1.165, 1.54) is 231 Å². The van der Waals surface area contributed by atoms with Gasteiger partial charge in [-0.05, 0) is 89.9 Å². The van der Waals surface area contributed by atoms with Crippen LogP contribution in [0.4, 0.5) is 0 Å². The maximum atomic E-state index is 12.9. The topological polar surface area (TPSA) is 78.9 Å². The van der Waals surface area contributed by atoms with E-state index in [4.69, 9.17) is 14.2 Å². The molecule has 0 heterocycles. The summed E-state index contributed by atoms with van der Waals surface area (Å²) >= 11 is 0. The fourth-order valence-corrected chi connectivity index (χ4v) is 10.2. The summed E-state index contributed by atoms with van der Waals surface area (Å²) < 4.78 is 16.9. The van der Waals surface area contributed by atoms with Crippen molar-refractivity contribution < 1.29 is 28.6 Å². The van der Waals surface area contributed by atoms with E-state index in [0.717, 1.165) is 89.9 Å². The first-order chi connectivity index (χ1) is 39.5. The Labute approximate surface area is 497 Å². The van der Waals surface area contributed by atoms with Gasteiger partial charge in [-0.15, -0.1) is 0 Å². The fourth-order valence-electron chi connectivity index (χ4n) is 10.2. The van der Waals surface area contributed by atoms with Crippen LogP contribution in [-0.2, 0) is 28.6 Å². The monoisotopic (exact) mass is 1120 g/mol. The van der Waals surface area contributed by atoms with Crippen LogP contribution in [0.1, 0.15) is 361 Å². The molecule has 0 spiro atoms. The summed E-state index contributed by atoms with van der Waals surface area (Å²) in [6, 6.07) is 0. The molecule has 0 aromatic carbocycles. The third kappa shape index (κ3) is 65.7. The minimum absolute atomic E-state index is 0.0726. The summed E-state index contributed by atoms with van der Waals surface area (Å²) in [4.78, 5) is 38.3. The van der Waals surface area contributed by atoms with E-state index in [0.29, 0.717) is 19.3 Å². The molecule has 80 heavy (non-hydrogen) atoms. The Morgan fingerprint density at radius 3 is 0.762 bits per heavy atom. The summed E-state index contributed by atoms with van der Waals surface area (Å²) in [6.45, 7) is 6.55. The van der Waals surface area contributed by atoms with Crippen LogP contribution in [0, 0.1) is 0 Å². The van der Waals surface area contributed by atoms with E-state index >= 15 is 0 Å². The van der Waals surface area contributed by atoms with Crippen molar-refractivity contribution in [2.45, 2.75) is 367 Å². The summed E-state index contributed by atoms with van der Waals surface area (Å²) in [6.07, 6.45) is 89.4. The van der Waals surface area contributed by atoms with Gasteiger partial charge in [-0.1, -0.05) is 325 Å². The zero-order valence-electron chi connectivity index (χ0n) is 53.3. The van der Waals surface area contributed by atoms with Gasteiger partial charge in [0.05, 0.1) is 0 Å². The Morgan fingerprint density at radius 2 is 0.487 bits per heavy atom. The van der Waals surface area contributed by atoms with Crippen LogP contribution >= 0.6 is 0 Å². The van der Waals surface area contributed by atoms with Crippen LogP contribution in [0.25, 0.3) is 0 Å². The van der Waals surface area contributed by atoms with Crippen LogP contribution in [-0.4, -0.2) is 37.2 Å². The molecule has 1 atom stereocenters. The maximum absolute atomic E-state index is 12.9. The van der Waals surface area contributed by atoms with Gasteiger partial charge in [-0.2, -0.15) is 0 Å². The molecule has 0 amide bonds. The molecule has 0 rings (SSSR count). The quantitative estimate of drug-likeness (QED) is 0.0261. The van der Waals surface area contributed by atoms with Crippen molar-refractivity contribution >= 4 is 17.9 Å². The highest BCUT2D eigenvalue weighted by molar-refractivity contribution is 5.71. The number of hydrogen-bond donors (Lipinski definition) is 0. The summed E-state index contributed by atoms with van der Waals surface area (Å²) in [7, 11) is 0. The maximum Gasteiger partial charge on any atom is 0.306 e. The zero-order valence-corrected chi connectivity index (χ0v) is 53.3. The van der Waals surface area contributed by atoms with E-state index in [-0.39, 0.29) is 31.1 Å². The second kappa shape index (κ2) is 68.3.